The van der Waals surface area contributed by atoms with Crippen LogP contribution in [0.25, 0.3) is 0 Å². The van der Waals surface area contributed by atoms with Gasteiger partial charge in [-0.25, -0.2) is 0 Å². The molecule has 0 aromatic heterocycles. The minimum Gasteiger partial charge on any atom is -0.352 e. The molecule has 0 aliphatic carbocycles. The molecule has 1 aromatic carbocycles. The lowest BCUT2D eigenvalue weighted by atomic mass is 9.98. The zero-order chi connectivity index (χ0) is 10.8. The van der Waals surface area contributed by atoms with Gasteiger partial charge in [0.1, 0.15) is 0 Å². The molecule has 3 nitrogen and oxygen atoms in total. The fourth-order valence-electron chi connectivity index (χ4n) is 1.88. The Balaban J connectivity index is 2.44. The van der Waals surface area contributed by atoms with Crippen LogP contribution in [0.1, 0.15) is 40.9 Å². The lowest BCUT2D eigenvalue weighted by Crippen LogP contribution is -2.23. The number of aryl methyl sites for hydroxylation is 1. The van der Waals surface area contributed by atoms with Crippen molar-refractivity contribution in [2.75, 3.05) is 6.54 Å². The molecule has 1 aliphatic rings. The monoisotopic (exact) mass is 204 g/mol. The van der Waals surface area contributed by atoms with E-state index in [2.05, 4.69) is 5.32 Å². The highest BCUT2D eigenvalue weighted by Gasteiger charge is 2.15. The summed E-state index contributed by atoms with van der Waals surface area (Å²) in [6.45, 7) is 2.69. The van der Waals surface area contributed by atoms with Crippen molar-refractivity contribution in [3.63, 3.8) is 0 Å². The summed E-state index contributed by atoms with van der Waals surface area (Å²) >= 11 is 0. The van der Waals surface area contributed by atoms with Crippen LogP contribution in [0.4, 0.5) is 0 Å². The lowest BCUT2D eigenvalue weighted by molar-refractivity contribution is 0.0956. The van der Waals surface area contributed by atoms with Gasteiger partial charge in [-0.2, -0.15) is 0 Å². The maximum Gasteiger partial charge on any atom is 0.251 e. The van der Waals surface area contributed by atoms with Crippen LogP contribution in [0.5, 0.6) is 0 Å². The molecular formula is C12H16N2O. The number of rotatable bonds is 1. The average Bonchev–Trinajstić information content (AvgIpc) is 2.40. The van der Waals surface area contributed by atoms with E-state index in [9.17, 15) is 4.79 Å². The molecule has 0 saturated heterocycles. The van der Waals surface area contributed by atoms with E-state index in [1.807, 2.05) is 25.1 Å². The summed E-state index contributed by atoms with van der Waals surface area (Å²) in [5.41, 5.74) is 8.75. The predicted molar refractivity (Wildman–Crippen MR) is 59.7 cm³/mol. The lowest BCUT2D eigenvalue weighted by Gasteiger charge is -2.10. The Kier molecular flexibility index (Phi) is 2.73. The van der Waals surface area contributed by atoms with Crippen LogP contribution in [-0.2, 0) is 6.42 Å². The van der Waals surface area contributed by atoms with Crippen LogP contribution in [0.2, 0.25) is 0 Å². The van der Waals surface area contributed by atoms with Crippen molar-refractivity contribution in [3.05, 3.63) is 34.9 Å². The molecular weight excluding hydrogens is 188 g/mol. The molecule has 3 heteroatoms. The molecule has 0 bridgehead atoms. The molecule has 0 radical (unpaired) electrons. The van der Waals surface area contributed by atoms with Gasteiger partial charge in [-0.3, -0.25) is 4.79 Å². The van der Waals surface area contributed by atoms with E-state index in [0.29, 0.717) is 0 Å². The number of carbonyl (C=O) groups excluding carboxylic acids is 1. The number of benzene rings is 1. The van der Waals surface area contributed by atoms with Gasteiger partial charge in [-0.05, 0) is 37.0 Å². The molecule has 3 N–H and O–H groups in total. The highest BCUT2D eigenvalue weighted by atomic mass is 16.1. The second-order valence-corrected chi connectivity index (χ2v) is 4.06. The molecule has 1 aliphatic heterocycles. The van der Waals surface area contributed by atoms with E-state index < -0.39 is 0 Å². The van der Waals surface area contributed by atoms with Crippen molar-refractivity contribution >= 4 is 5.91 Å². The first-order chi connectivity index (χ1) is 7.18. The summed E-state index contributed by atoms with van der Waals surface area (Å²) in [5, 5.41) is 2.89. The standard InChI is InChI=1S/C12H16N2O/c1-8(13)10-5-4-9-3-2-6-14-12(15)11(9)7-10/h4-5,7-8H,2-3,6,13H2,1H3,(H,14,15)/t8-/m1/s1. The van der Waals surface area contributed by atoms with Crippen LogP contribution in [0.3, 0.4) is 0 Å². The molecule has 2 rings (SSSR count). The zero-order valence-corrected chi connectivity index (χ0v) is 8.92. The summed E-state index contributed by atoms with van der Waals surface area (Å²) in [4.78, 5) is 11.7. The number of hydrogen-bond donors (Lipinski definition) is 2. The summed E-state index contributed by atoms with van der Waals surface area (Å²) < 4.78 is 0. The third kappa shape index (κ3) is 2.02. The van der Waals surface area contributed by atoms with Gasteiger partial charge in [0.25, 0.3) is 5.91 Å². The van der Waals surface area contributed by atoms with E-state index >= 15 is 0 Å². The SMILES string of the molecule is C[C@@H](N)c1ccc2c(c1)C(=O)NCCC2. The van der Waals surface area contributed by atoms with Gasteiger partial charge < -0.3 is 11.1 Å². The molecule has 1 atom stereocenters. The highest BCUT2D eigenvalue weighted by Crippen LogP contribution is 2.19. The van der Waals surface area contributed by atoms with E-state index in [1.165, 1.54) is 0 Å². The van der Waals surface area contributed by atoms with Gasteiger partial charge in [0, 0.05) is 18.2 Å². The third-order valence-electron chi connectivity index (χ3n) is 2.81. The van der Waals surface area contributed by atoms with Crippen LogP contribution in [0, 0.1) is 0 Å². The first-order valence-electron chi connectivity index (χ1n) is 5.35. The van der Waals surface area contributed by atoms with Crippen molar-refractivity contribution in [3.8, 4) is 0 Å². The number of nitrogens with two attached hydrogens (primary N) is 1. The van der Waals surface area contributed by atoms with Crippen LogP contribution < -0.4 is 11.1 Å². The van der Waals surface area contributed by atoms with Crippen LogP contribution in [0.15, 0.2) is 18.2 Å². The van der Waals surface area contributed by atoms with E-state index in [0.717, 1.165) is 36.1 Å². The summed E-state index contributed by atoms with van der Waals surface area (Å²) in [5.74, 6) is 0.0324. The van der Waals surface area contributed by atoms with Crippen molar-refractivity contribution in [1.29, 1.82) is 0 Å². The summed E-state index contributed by atoms with van der Waals surface area (Å²) in [6, 6.07) is 5.94. The Morgan fingerprint density at radius 1 is 1.47 bits per heavy atom. The smallest absolute Gasteiger partial charge is 0.251 e. The van der Waals surface area contributed by atoms with Gasteiger partial charge in [0.05, 0.1) is 0 Å². The van der Waals surface area contributed by atoms with Gasteiger partial charge in [0.15, 0.2) is 0 Å². The molecule has 0 unspecified atom stereocenters. The number of amides is 1. The Labute approximate surface area is 89.7 Å². The van der Waals surface area contributed by atoms with E-state index in [-0.39, 0.29) is 11.9 Å². The second-order valence-electron chi connectivity index (χ2n) is 4.06. The maximum atomic E-state index is 11.7. The van der Waals surface area contributed by atoms with Crippen molar-refractivity contribution in [2.45, 2.75) is 25.8 Å². The molecule has 0 saturated carbocycles. The Hall–Kier alpha value is -1.35. The minimum absolute atomic E-state index is 0.0219. The second kappa shape index (κ2) is 4.03. The van der Waals surface area contributed by atoms with E-state index in [1.54, 1.807) is 0 Å². The first kappa shape index (κ1) is 10.2. The Morgan fingerprint density at radius 2 is 2.27 bits per heavy atom. The first-order valence-corrected chi connectivity index (χ1v) is 5.35. The summed E-state index contributed by atoms with van der Waals surface area (Å²) in [7, 11) is 0. The molecule has 80 valence electrons. The van der Waals surface area contributed by atoms with Crippen molar-refractivity contribution < 1.29 is 4.79 Å². The van der Waals surface area contributed by atoms with Gasteiger partial charge in [0.2, 0.25) is 0 Å². The zero-order valence-electron chi connectivity index (χ0n) is 8.92. The fraction of sp³-hybridized carbons (Fsp3) is 0.417. The van der Waals surface area contributed by atoms with Gasteiger partial charge >= 0.3 is 0 Å². The minimum atomic E-state index is -0.0219. The maximum absolute atomic E-state index is 11.7. The quantitative estimate of drug-likeness (QED) is 0.726. The van der Waals surface area contributed by atoms with Gasteiger partial charge in [-0.15, -0.1) is 0 Å². The topological polar surface area (TPSA) is 55.1 Å². The third-order valence-corrected chi connectivity index (χ3v) is 2.81. The van der Waals surface area contributed by atoms with Crippen molar-refractivity contribution in [1.82, 2.24) is 5.32 Å². The largest absolute Gasteiger partial charge is 0.352 e. The van der Waals surface area contributed by atoms with Crippen LogP contribution >= 0.6 is 0 Å². The number of fused-ring (bicyclic) bond motifs is 1. The highest BCUT2D eigenvalue weighted by molar-refractivity contribution is 5.96. The number of nitrogens with one attached hydrogen (secondary N) is 1. The molecule has 1 heterocycles. The molecule has 15 heavy (non-hydrogen) atoms. The molecule has 0 fully saturated rings. The number of carbonyl (C=O) groups is 1. The Bertz CT molecular complexity index is 385. The van der Waals surface area contributed by atoms with Crippen LogP contribution in [-0.4, -0.2) is 12.5 Å². The Morgan fingerprint density at radius 3 is 3.00 bits per heavy atom. The van der Waals surface area contributed by atoms with Crippen molar-refractivity contribution in [2.24, 2.45) is 5.73 Å². The average molecular weight is 204 g/mol. The predicted octanol–water partition coefficient (Wildman–Crippen LogP) is 1.38. The normalized spacial score (nSPS) is 17.6. The van der Waals surface area contributed by atoms with Gasteiger partial charge in [-0.1, -0.05) is 12.1 Å². The number of hydrogen-bond acceptors (Lipinski definition) is 2. The molecule has 1 amide bonds. The summed E-state index contributed by atoms with van der Waals surface area (Å²) in [6.07, 6.45) is 1.98. The molecule has 0 spiro atoms. The molecule has 1 aromatic rings. The van der Waals surface area contributed by atoms with E-state index in [4.69, 9.17) is 5.73 Å². The fourth-order valence-corrected chi connectivity index (χ4v) is 1.88.